The molecule has 2 aromatic rings. The lowest BCUT2D eigenvalue weighted by Crippen LogP contribution is -2.22. The van der Waals surface area contributed by atoms with Gasteiger partial charge in [0.15, 0.2) is 0 Å². The maximum absolute atomic E-state index is 6.25. The van der Waals surface area contributed by atoms with Crippen LogP contribution in [0.2, 0.25) is 10.0 Å². The average Bonchev–Trinajstić information content (AvgIpc) is 2.41. The summed E-state index contributed by atoms with van der Waals surface area (Å²) in [7, 11) is 0. The third-order valence-electron chi connectivity index (χ3n) is 3.47. The first-order chi connectivity index (χ1) is 9.47. The van der Waals surface area contributed by atoms with Crippen LogP contribution >= 0.6 is 23.2 Å². The summed E-state index contributed by atoms with van der Waals surface area (Å²) in [5, 5.41) is 5.02. The minimum Gasteiger partial charge on any atom is -0.304 e. The van der Waals surface area contributed by atoms with Crippen LogP contribution in [0.3, 0.4) is 0 Å². The third kappa shape index (κ3) is 3.76. The predicted molar refractivity (Wildman–Crippen MR) is 87.6 cm³/mol. The summed E-state index contributed by atoms with van der Waals surface area (Å²) in [5.41, 5.74) is 3.57. The molecule has 0 saturated carbocycles. The summed E-state index contributed by atoms with van der Waals surface area (Å²) in [6.45, 7) is 6.36. The van der Waals surface area contributed by atoms with Gasteiger partial charge >= 0.3 is 0 Å². The molecule has 1 N–H and O–H groups in total. The second-order valence-electron chi connectivity index (χ2n) is 5.19. The van der Waals surface area contributed by atoms with Crippen molar-refractivity contribution < 1.29 is 0 Å². The fourth-order valence-electron chi connectivity index (χ4n) is 2.35. The quantitative estimate of drug-likeness (QED) is 0.762. The zero-order valence-corrected chi connectivity index (χ0v) is 13.5. The van der Waals surface area contributed by atoms with E-state index in [2.05, 4.69) is 50.4 Å². The summed E-state index contributed by atoms with van der Waals surface area (Å²) in [5.74, 6) is 0. The molecular formula is C17H19Cl2N. The molecular weight excluding hydrogens is 289 g/mol. The van der Waals surface area contributed by atoms with Gasteiger partial charge < -0.3 is 5.32 Å². The van der Waals surface area contributed by atoms with Crippen molar-refractivity contribution in [2.75, 3.05) is 0 Å². The number of benzene rings is 2. The summed E-state index contributed by atoms with van der Waals surface area (Å²) < 4.78 is 0. The first-order valence-electron chi connectivity index (χ1n) is 6.75. The lowest BCUT2D eigenvalue weighted by atomic mass is 10.0. The number of hydrogen-bond acceptors (Lipinski definition) is 1. The van der Waals surface area contributed by atoms with E-state index in [1.54, 1.807) is 0 Å². The fraction of sp³-hybridized carbons (Fsp3) is 0.294. The highest BCUT2D eigenvalue weighted by Gasteiger charge is 2.14. The van der Waals surface area contributed by atoms with E-state index in [9.17, 15) is 0 Å². The zero-order chi connectivity index (χ0) is 14.7. The van der Waals surface area contributed by atoms with Crippen molar-refractivity contribution in [1.82, 2.24) is 5.32 Å². The monoisotopic (exact) mass is 307 g/mol. The van der Waals surface area contributed by atoms with Crippen LogP contribution in [-0.4, -0.2) is 0 Å². The minimum atomic E-state index is 0.136. The van der Waals surface area contributed by atoms with Crippen LogP contribution < -0.4 is 5.32 Å². The van der Waals surface area contributed by atoms with Gasteiger partial charge in [-0.3, -0.25) is 0 Å². The van der Waals surface area contributed by atoms with Gasteiger partial charge in [-0.05, 0) is 50.1 Å². The van der Waals surface area contributed by atoms with Crippen molar-refractivity contribution in [3.8, 4) is 0 Å². The fourth-order valence-corrected chi connectivity index (χ4v) is 2.81. The van der Waals surface area contributed by atoms with Crippen molar-refractivity contribution in [1.29, 1.82) is 0 Å². The van der Waals surface area contributed by atoms with Gasteiger partial charge in [0.1, 0.15) is 0 Å². The number of halogens is 2. The lowest BCUT2D eigenvalue weighted by molar-refractivity contribution is 0.494. The lowest BCUT2D eigenvalue weighted by Gasteiger charge is -2.22. The second-order valence-corrected chi connectivity index (χ2v) is 6.03. The first-order valence-corrected chi connectivity index (χ1v) is 7.50. The molecule has 0 spiro atoms. The summed E-state index contributed by atoms with van der Waals surface area (Å²) in [6.07, 6.45) is 0. The summed E-state index contributed by atoms with van der Waals surface area (Å²) in [4.78, 5) is 0. The SMILES string of the molecule is Cc1cccc([C@H](C)NC(C)c2cc(Cl)ccc2Cl)c1. The molecule has 0 aliphatic heterocycles. The van der Waals surface area contributed by atoms with Gasteiger partial charge in [-0.1, -0.05) is 53.0 Å². The normalized spacial score (nSPS) is 14.1. The molecule has 1 unspecified atom stereocenters. The zero-order valence-electron chi connectivity index (χ0n) is 12.0. The number of nitrogens with one attached hydrogen (secondary N) is 1. The average molecular weight is 308 g/mol. The molecule has 0 aromatic heterocycles. The number of aryl methyl sites for hydroxylation is 1. The highest BCUT2D eigenvalue weighted by atomic mass is 35.5. The molecule has 2 aromatic carbocycles. The molecule has 2 atom stereocenters. The Hall–Kier alpha value is -1.02. The van der Waals surface area contributed by atoms with Crippen LogP contribution in [0.15, 0.2) is 42.5 Å². The van der Waals surface area contributed by atoms with Gasteiger partial charge in [-0.25, -0.2) is 0 Å². The molecule has 0 aliphatic rings. The van der Waals surface area contributed by atoms with Crippen LogP contribution in [0.1, 0.15) is 42.6 Å². The second kappa shape index (κ2) is 6.62. The first kappa shape index (κ1) is 15.4. The largest absolute Gasteiger partial charge is 0.304 e. The Morgan fingerprint density at radius 1 is 0.950 bits per heavy atom. The van der Waals surface area contributed by atoms with Gasteiger partial charge in [0.05, 0.1) is 0 Å². The number of rotatable bonds is 4. The van der Waals surface area contributed by atoms with E-state index in [1.807, 2.05) is 18.2 Å². The molecule has 0 radical (unpaired) electrons. The standard InChI is InChI=1S/C17H19Cl2N/c1-11-5-4-6-14(9-11)12(2)20-13(3)16-10-15(18)7-8-17(16)19/h4-10,12-13,20H,1-3H3/t12-,13?/m0/s1. The minimum absolute atomic E-state index is 0.136. The molecule has 1 nitrogen and oxygen atoms in total. The van der Waals surface area contributed by atoms with Crippen molar-refractivity contribution in [2.45, 2.75) is 32.9 Å². The predicted octanol–water partition coefficient (Wildman–Crippen LogP) is 5.71. The molecule has 2 rings (SSSR count). The van der Waals surface area contributed by atoms with E-state index in [1.165, 1.54) is 11.1 Å². The van der Waals surface area contributed by atoms with E-state index in [0.29, 0.717) is 5.02 Å². The van der Waals surface area contributed by atoms with E-state index < -0.39 is 0 Å². The Kier molecular flexibility index (Phi) is 5.09. The van der Waals surface area contributed by atoms with Crippen molar-refractivity contribution in [3.05, 3.63) is 69.2 Å². The molecule has 0 amide bonds. The molecule has 0 aliphatic carbocycles. The third-order valence-corrected chi connectivity index (χ3v) is 4.05. The Bertz CT molecular complexity index is 595. The highest BCUT2D eigenvalue weighted by Crippen LogP contribution is 2.28. The Labute approximate surface area is 130 Å². The highest BCUT2D eigenvalue weighted by molar-refractivity contribution is 6.33. The number of hydrogen-bond donors (Lipinski definition) is 1. The molecule has 20 heavy (non-hydrogen) atoms. The van der Waals surface area contributed by atoms with Crippen molar-refractivity contribution >= 4 is 23.2 Å². The molecule has 0 heterocycles. The van der Waals surface area contributed by atoms with E-state index in [-0.39, 0.29) is 12.1 Å². The molecule has 0 fully saturated rings. The topological polar surface area (TPSA) is 12.0 Å². The molecule has 0 bridgehead atoms. The van der Waals surface area contributed by atoms with Crippen LogP contribution in [0, 0.1) is 6.92 Å². The van der Waals surface area contributed by atoms with E-state index in [0.717, 1.165) is 10.6 Å². The summed E-state index contributed by atoms with van der Waals surface area (Å²) >= 11 is 12.3. The smallest absolute Gasteiger partial charge is 0.0454 e. The van der Waals surface area contributed by atoms with Crippen molar-refractivity contribution in [2.24, 2.45) is 0 Å². The maximum atomic E-state index is 6.25. The van der Waals surface area contributed by atoms with Crippen LogP contribution in [0.4, 0.5) is 0 Å². The maximum Gasteiger partial charge on any atom is 0.0454 e. The Balaban J connectivity index is 2.15. The molecule has 3 heteroatoms. The van der Waals surface area contributed by atoms with Crippen LogP contribution in [-0.2, 0) is 0 Å². The Morgan fingerprint density at radius 3 is 2.40 bits per heavy atom. The summed E-state index contributed by atoms with van der Waals surface area (Å²) in [6, 6.07) is 14.5. The molecule has 106 valence electrons. The van der Waals surface area contributed by atoms with Gasteiger partial charge in [0, 0.05) is 22.1 Å². The van der Waals surface area contributed by atoms with E-state index in [4.69, 9.17) is 23.2 Å². The van der Waals surface area contributed by atoms with E-state index >= 15 is 0 Å². The Morgan fingerprint density at radius 2 is 1.70 bits per heavy atom. The van der Waals surface area contributed by atoms with Gasteiger partial charge in [0.25, 0.3) is 0 Å². The van der Waals surface area contributed by atoms with Gasteiger partial charge in [-0.2, -0.15) is 0 Å². The van der Waals surface area contributed by atoms with Crippen molar-refractivity contribution in [3.63, 3.8) is 0 Å². The van der Waals surface area contributed by atoms with Gasteiger partial charge in [0.2, 0.25) is 0 Å². The van der Waals surface area contributed by atoms with Gasteiger partial charge in [-0.15, -0.1) is 0 Å². The molecule has 0 saturated heterocycles. The van der Waals surface area contributed by atoms with Crippen LogP contribution in [0.25, 0.3) is 0 Å². The van der Waals surface area contributed by atoms with Crippen LogP contribution in [0.5, 0.6) is 0 Å².